The summed E-state index contributed by atoms with van der Waals surface area (Å²) in [5.74, 6) is -0.791. The van der Waals surface area contributed by atoms with Gasteiger partial charge in [0, 0.05) is 17.3 Å². The zero-order valence-electron chi connectivity index (χ0n) is 17.3. The van der Waals surface area contributed by atoms with Crippen molar-refractivity contribution in [2.75, 3.05) is 17.2 Å². The maximum Gasteiger partial charge on any atom is 0.360 e. The van der Waals surface area contributed by atoms with Crippen LogP contribution in [0.1, 0.15) is 38.1 Å². The summed E-state index contributed by atoms with van der Waals surface area (Å²) in [6.07, 6.45) is 0.0426. The maximum absolute atomic E-state index is 12.6. The third-order valence-corrected chi connectivity index (χ3v) is 4.39. The molecule has 2 amide bonds. The average molecular weight is 412 g/mol. The normalized spacial score (nSPS) is 17.4. The van der Waals surface area contributed by atoms with E-state index in [1.807, 2.05) is 13.8 Å². The Balaban J connectivity index is 1.76. The first kappa shape index (κ1) is 21.2. The van der Waals surface area contributed by atoms with Crippen LogP contribution in [0.5, 0.6) is 11.5 Å². The molecule has 0 saturated heterocycles. The van der Waals surface area contributed by atoms with Gasteiger partial charge in [-0.25, -0.2) is 4.79 Å². The molecule has 8 nitrogen and oxygen atoms in total. The number of nitrogens with one attached hydrogen (secondary N) is 2. The van der Waals surface area contributed by atoms with E-state index in [1.54, 1.807) is 49.4 Å². The molecule has 3 rings (SSSR count). The predicted molar refractivity (Wildman–Crippen MR) is 111 cm³/mol. The molecule has 1 atom stereocenters. The highest BCUT2D eigenvalue weighted by molar-refractivity contribution is 6.14. The quantitative estimate of drug-likeness (QED) is 0.557. The first-order valence-corrected chi connectivity index (χ1v) is 9.62. The van der Waals surface area contributed by atoms with Crippen LogP contribution in [0, 0.1) is 0 Å². The highest BCUT2D eigenvalue weighted by Gasteiger charge is 2.48. The zero-order valence-corrected chi connectivity index (χ0v) is 17.3. The number of carbonyl (C=O) groups is 3. The first-order chi connectivity index (χ1) is 14.2. The molecular weight excluding hydrogens is 388 g/mol. The maximum atomic E-state index is 12.6. The van der Waals surface area contributed by atoms with Gasteiger partial charge in [-0.2, -0.15) is 0 Å². The molecule has 0 unspecified atom stereocenters. The van der Waals surface area contributed by atoms with Crippen molar-refractivity contribution in [3.05, 3.63) is 48.0 Å². The number of amides is 2. The van der Waals surface area contributed by atoms with E-state index < -0.39 is 17.5 Å². The number of carbonyl (C=O) groups excluding carboxylic acids is 3. The van der Waals surface area contributed by atoms with Crippen LogP contribution >= 0.6 is 0 Å². The van der Waals surface area contributed by atoms with Crippen LogP contribution < -0.4 is 20.1 Å². The lowest BCUT2D eigenvalue weighted by molar-refractivity contribution is -0.165. The van der Waals surface area contributed by atoms with Gasteiger partial charge in [0.15, 0.2) is 0 Å². The Bertz CT molecular complexity index is 970. The van der Waals surface area contributed by atoms with Gasteiger partial charge in [0.05, 0.1) is 18.4 Å². The second-order valence-electron chi connectivity index (χ2n) is 7.17. The molecular formula is C22H24N2O6. The number of esters is 1. The van der Waals surface area contributed by atoms with Crippen LogP contribution in [0.2, 0.25) is 0 Å². The van der Waals surface area contributed by atoms with Crippen molar-refractivity contribution in [3.8, 4) is 11.5 Å². The van der Waals surface area contributed by atoms with Gasteiger partial charge in [0.1, 0.15) is 11.5 Å². The second-order valence-corrected chi connectivity index (χ2v) is 7.17. The fourth-order valence-corrected chi connectivity index (χ4v) is 2.86. The fraction of sp³-hybridized carbons (Fsp3) is 0.318. The number of benzene rings is 2. The Hall–Kier alpha value is -3.55. The molecule has 1 aliphatic heterocycles. The Kier molecular flexibility index (Phi) is 5.96. The van der Waals surface area contributed by atoms with Gasteiger partial charge in [-0.15, -0.1) is 0 Å². The van der Waals surface area contributed by atoms with Gasteiger partial charge in [-0.3, -0.25) is 9.59 Å². The molecule has 158 valence electrons. The molecule has 0 bridgehead atoms. The lowest BCUT2D eigenvalue weighted by atomic mass is 10.0. The minimum absolute atomic E-state index is 0.0426. The van der Waals surface area contributed by atoms with Crippen molar-refractivity contribution >= 4 is 29.2 Å². The number of fused-ring (bicyclic) bond motifs is 1. The molecule has 2 aromatic carbocycles. The molecule has 8 heteroatoms. The van der Waals surface area contributed by atoms with Crippen LogP contribution in [0.4, 0.5) is 11.4 Å². The fourth-order valence-electron chi connectivity index (χ4n) is 2.86. The summed E-state index contributed by atoms with van der Waals surface area (Å²) in [6.45, 7) is 6.96. The van der Waals surface area contributed by atoms with E-state index in [9.17, 15) is 14.4 Å². The number of anilines is 2. The third-order valence-electron chi connectivity index (χ3n) is 4.39. The van der Waals surface area contributed by atoms with Crippen molar-refractivity contribution < 1.29 is 28.6 Å². The van der Waals surface area contributed by atoms with E-state index in [4.69, 9.17) is 14.2 Å². The average Bonchev–Trinajstić information content (AvgIpc) is 2.69. The second kappa shape index (κ2) is 8.44. The molecule has 2 aromatic rings. The van der Waals surface area contributed by atoms with E-state index in [2.05, 4.69) is 10.6 Å². The summed E-state index contributed by atoms with van der Waals surface area (Å²) in [6, 6.07) is 11.5. The standard InChI is InChI=1S/C22H24N2O6/c1-5-28-21(27)22(4)20(26)24-17-11-8-15(12-18(17)30-22)23-19(25)14-6-9-16(10-7-14)29-13(2)3/h6-13H,5H2,1-4H3,(H,23,25)(H,24,26)/t22-/m1/s1. The van der Waals surface area contributed by atoms with Gasteiger partial charge < -0.3 is 24.8 Å². The van der Waals surface area contributed by atoms with Crippen molar-refractivity contribution in [1.82, 2.24) is 0 Å². The first-order valence-electron chi connectivity index (χ1n) is 9.62. The Labute approximate surface area is 174 Å². The van der Waals surface area contributed by atoms with Crippen molar-refractivity contribution in [2.24, 2.45) is 0 Å². The van der Waals surface area contributed by atoms with Gasteiger partial charge >= 0.3 is 5.97 Å². The summed E-state index contributed by atoms with van der Waals surface area (Å²) in [5.41, 5.74) is -0.509. The monoisotopic (exact) mass is 412 g/mol. The van der Waals surface area contributed by atoms with E-state index in [1.165, 1.54) is 6.92 Å². The molecule has 0 spiro atoms. The van der Waals surface area contributed by atoms with Gasteiger partial charge in [-0.05, 0) is 64.1 Å². The van der Waals surface area contributed by atoms with E-state index in [0.29, 0.717) is 22.7 Å². The topological polar surface area (TPSA) is 103 Å². The highest BCUT2D eigenvalue weighted by Crippen LogP contribution is 2.36. The molecule has 0 aromatic heterocycles. The number of hydrogen-bond donors (Lipinski definition) is 2. The molecule has 30 heavy (non-hydrogen) atoms. The number of ether oxygens (including phenoxy) is 3. The molecule has 0 fully saturated rings. The Morgan fingerprint density at radius 2 is 1.87 bits per heavy atom. The summed E-state index contributed by atoms with van der Waals surface area (Å²) < 4.78 is 16.2. The Morgan fingerprint density at radius 3 is 2.50 bits per heavy atom. The van der Waals surface area contributed by atoms with Crippen LogP contribution in [-0.2, 0) is 14.3 Å². The SMILES string of the molecule is CCOC(=O)[C@]1(C)Oc2cc(NC(=O)c3ccc(OC(C)C)cc3)ccc2NC1=O. The molecule has 0 saturated carbocycles. The van der Waals surface area contributed by atoms with Gasteiger partial charge in [0.2, 0.25) is 0 Å². The molecule has 2 N–H and O–H groups in total. The van der Waals surface area contributed by atoms with Crippen LogP contribution in [0.15, 0.2) is 42.5 Å². The minimum atomic E-state index is -1.81. The summed E-state index contributed by atoms with van der Waals surface area (Å²) in [7, 11) is 0. The zero-order chi connectivity index (χ0) is 21.9. The smallest absolute Gasteiger partial charge is 0.360 e. The van der Waals surface area contributed by atoms with Gasteiger partial charge in [-0.1, -0.05) is 0 Å². The number of rotatable bonds is 6. The van der Waals surface area contributed by atoms with Crippen molar-refractivity contribution in [1.29, 1.82) is 0 Å². The Morgan fingerprint density at radius 1 is 1.17 bits per heavy atom. The lowest BCUT2D eigenvalue weighted by Gasteiger charge is -2.32. The van der Waals surface area contributed by atoms with E-state index in [0.717, 1.165) is 0 Å². The highest BCUT2D eigenvalue weighted by atomic mass is 16.6. The number of hydrogen-bond acceptors (Lipinski definition) is 6. The molecule has 1 heterocycles. The summed E-state index contributed by atoms with van der Waals surface area (Å²) >= 11 is 0. The summed E-state index contributed by atoms with van der Waals surface area (Å²) in [5, 5.41) is 5.41. The largest absolute Gasteiger partial charge is 0.491 e. The van der Waals surface area contributed by atoms with Crippen molar-refractivity contribution in [2.45, 2.75) is 39.4 Å². The minimum Gasteiger partial charge on any atom is -0.491 e. The van der Waals surface area contributed by atoms with Crippen molar-refractivity contribution in [3.63, 3.8) is 0 Å². The molecule has 0 aliphatic carbocycles. The van der Waals surface area contributed by atoms with E-state index >= 15 is 0 Å². The predicted octanol–water partition coefficient (Wildman–Crippen LogP) is 3.38. The third kappa shape index (κ3) is 4.37. The summed E-state index contributed by atoms with van der Waals surface area (Å²) in [4.78, 5) is 37.1. The van der Waals surface area contributed by atoms with Crippen LogP contribution in [0.25, 0.3) is 0 Å². The molecule has 0 radical (unpaired) electrons. The van der Waals surface area contributed by atoms with Crippen LogP contribution in [-0.4, -0.2) is 36.1 Å². The van der Waals surface area contributed by atoms with Gasteiger partial charge in [0.25, 0.3) is 17.4 Å². The lowest BCUT2D eigenvalue weighted by Crippen LogP contribution is -2.55. The van der Waals surface area contributed by atoms with Crippen LogP contribution in [0.3, 0.4) is 0 Å². The van der Waals surface area contributed by atoms with E-state index in [-0.39, 0.29) is 24.4 Å². The molecule has 1 aliphatic rings.